The van der Waals surface area contributed by atoms with Crippen molar-refractivity contribution in [1.82, 2.24) is 5.32 Å². The van der Waals surface area contributed by atoms with E-state index in [2.05, 4.69) is 5.32 Å². The summed E-state index contributed by atoms with van der Waals surface area (Å²) in [5.41, 5.74) is 1.50. The molecule has 0 radical (unpaired) electrons. The van der Waals surface area contributed by atoms with E-state index in [0.717, 1.165) is 31.2 Å². The van der Waals surface area contributed by atoms with E-state index in [1.807, 2.05) is 37.3 Å². The third kappa shape index (κ3) is 4.53. The Morgan fingerprint density at radius 3 is 2.46 bits per heavy atom. The van der Waals surface area contributed by atoms with E-state index in [1.54, 1.807) is 20.1 Å². The summed E-state index contributed by atoms with van der Waals surface area (Å²) in [6.45, 7) is 3.79. The van der Waals surface area contributed by atoms with Crippen LogP contribution in [0.4, 0.5) is 0 Å². The Balaban J connectivity index is 1.83. The number of benzene rings is 1. The first-order valence-electron chi connectivity index (χ1n) is 10.1. The molecule has 1 amide bonds. The zero-order chi connectivity index (χ0) is 20.1. The van der Waals surface area contributed by atoms with Crippen LogP contribution in [0.3, 0.4) is 0 Å². The molecule has 5 nitrogen and oxygen atoms in total. The number of methoxy groups -OCH3 is 1. The van der Waals surface area contributed by atoms with E-state index in [-0.39, 0.29) is 35.5 Å². The van der Waals surface area contributed by atoms with Crippen molar-refractivity contribution in [2.45, 2.75) is 64.0 Å². The Hall–Kier alpha value is -2.40. The second kappa shape index (κ2) is 9.20. The number of Topliss-reactive ketones (excluding diaryl/α,β-unsaturated/α-hetero) is 1. The fourth-order valence-electron chi connectivity index (χ4n) is 3.81. The molecule has 28 heavy (non-hydrogen) atoms. The maximum absolute atomic E-state index is 13.0. The quantitative estimate of drug-likeness (QED) is 0.703. The van der Waals surface area contributed by atoms with Gasteiger partial charge in [-0.3, -0.25) is 9.59 Å². The molecule has 0 saturated heterocycles. The fraction of sp³-hybridized carbons (Fsp3) is 0.478. The molecular weight excluding hydrogens is 354 g/mol. The average Bonchev–Trinajstić information content (AvgIpc) is 3.19. The Labute approximate surface area is 166 Å². The van der Waals surface area contributed by atoms with Crippen LogP contribution in [0.5, 0.6) is 0 Å². The number of rotatable bonds is 7. The van der Waals surface area contributed by atoms with E-state index in [9.17, 15) is 9.59 Å². The van der Waals surface area contributed by atoms with Gasteiger partial charge in [0.2, 0.25) is 0 Å². The maximum atomic E-state index is 13.0. The number of ether oxygens (including phenoxy) is 1. The Morgan fingerprint density at radius 1 is 1.18 bits per heavy atom. The predicted octanol–water partition coefficient (Wildman–Crippen LogP) is 4.71. The maximum Gasteiger partial charge on any atom is 0.255 e. The van der Waals surface area contributed by atoms with Crippen molar-refractivity contribution in [3.63, 3.8) is 0 Å². The first-order valence-corrected chi connectivity index (χ1v) is 10.1. The van der Waals surface area contributed by atoms with Gasteiger partial charge in [0.1, 0.15) is 5.76 Å². The number of amides is 1. The number of hydrogen-bond donors (Lipinski definition) is 1. The lowest BCUT2D eigenvalue weighted by atomic mass is 9.92. The largest absolute Gasteiger partial charge is 0.456 e. The van der Waals surface area contributed by atoms with Crippen LogP contribution in [0.1, 0.15) is 84.1 Å². The molecule has 1 heterocycles. The minimum absolute atomic E-state index is 0.0961. The lowest BCUT2D eigenvalue weighted by Gasteiger charge is -2.28. The lowest BCUT2D eigenvalue weighted by Crippen LogP contribution is -2.39. The molecule has 150 valence electrons. The predicted molar refractivity (Wildman–Crippen MR) is 108 cm³/mol. The van der Waals surface area contributed by atoms with Gasteiger partial charge >= 0.3 is 0 Å². The van der Waals surface area contributed by atoms with Crippen LogP contribution in [0.25, 0.3) is 0 Å². The van der Waals surface area contributed by atoms with Crippen LogP contribution in [0.2, 0.25) is 0 Å². The highest BCUT2D eigenvalue weighted by molar-refractivity contribution is 6.00. The fourth-order valence-corrected chi connectivity index (χ4v) is 3.81. The van der Waals surface area contributed by atoms with E-state index in [1.165, 1.54) is 0 Å². The summed E-state index contributed by atoms with van der Waals surface area (Å²) in [5, 5.41) is 3.13. The molecule has 5 heteroatoms. The average molecular weight is 383 g/mol. The van der Waals surface area contributed by atoms with Gasteiger partial charge in [0, 0.05) is 31.6 Å². The van der Waals surface area contributed by atoms with Crippen molar-refractivity contribution in [2.24, 2.45) is 0 Å². The molecule has 0 unspecified atom stereocenters. The minimum atomic E-state index is -0.169. The number of ketones is 1. The normalized spacial score (nSPS) is 20.5. The molecule has 2 aromatic rings. The highest BCUT2D eigenvalue weighted by atomic mass is 16.5. The first-order chi connectivity index (χ1) is 13.5. The molecule has 1 atom stereocenters. The van der Waals surface area contributed by atoms with Gasteiger partial charge in [-0.05, 0) is 31.2 Å². The standard InChI is InChI=1S/C23H29NO4/c1-4-20(25)21-14-19(22(28-21)15(2)16-8-6-5-7-9-16)23(26)24-17-10-12-18(27-3)13-11-17/h5-9,14-15,17-18H,4,10-13H2,1-3H3,(H,24,26)/t15-,17?,18?/m0/s1. The summed E-state index contributed by atoms with van der Waals surface area (Å²) in [4.78, 5) is 25.2. The van der Waals surface area contributed by atoms with Crippen molar-refractivity contribution in [2.75, 3.05) is 7.11 Å². The van der Waals surface area contributed by atoms with E-state index in [0.29, 0.717) is 17.7 Å². The molecule has 1 aliphatic rings. The van der Waals surface area contributed by atoms with Gasteiger partial charge in [-0.25, -0.2) is 0 Å². The highest BCUT2D eigenvalue weighted by Gasteiger charge is 2.28. The topological polar surface area (TPSA) is 68.5 Å². The SMILES string of the molecule is CCC(=O)c1cc(C(=O)NC2CCC(OC)CC2)c([C@@H](C)c2ccccc2)o1. The Bertz CT molecular complexity index is 803. The van der Waals surface area contributed by atoms with E-state index in [4.69, 9.17) is 9.15 Å². The van der Waals surface area contributed by atoms with Crippen LogP contribution in [0.15, 0.2) is 40.8 Å². The summed E-state index contributed by atoms with van der Waals surface area (Å²) in [7, 11) is 1.73. The molecule has 1 N–H and O–H groups in total. The van der Waals surface area contributed by atoms with Crippen molar-refractivity contribution in [1.29, 1.82) is 0 Å². The lowest BCUT2D eigenvalue weighted by molar-refractivity contribution is 0.0599. The van der Waals surface area contributed by atoms with E-state index < -0.39 is 0 Å². The summed E-state index contributed by atoms with van der Waals surface area (Å²) in [6.07, 6.45) is 4.30. The van der Waals surface area contributed by atoms with Crippen molar-refractivity contribution in [3.8, 4) is 0 Å². The second-order valence-electron chi connectivity index (χ2n) is 7.48. The van der Waals surface area contributed by atoms with Crippen LogP contribution < -0.4 is 5.32 Å². The number of carbonyl (C=O) groups is 2. The van der Waals surface area contributed by atoms with Crippen molar-refractivity contribution < 1.29 is 18.7 Å². The Kier molecular flexibility index (Phi) is 6.68. The zero-order valence-electron chi connectivity index (χ0n) is 16.9. The monoisotopic (exact) mass is 383 g/mol. The van der Waals surface area contributed by atoms with Gasteiger partial charge in [-0.15, -0.1) is 0 Å². The molecule has 1 aliphatic carbocycles. The molecule has 1 aromatic heterocycles. The zero-order valence-corrected chi connectivity index (χ0v) is 16.9. The second-order valence-corrected chi connectivity index (χ2v) is 7.48. The third-order valence-corrected chi connectivity index (χ3v) is 5.64. The molecule has 0 spiro atoms. The number of nitrogens with one attached hydrogen (secondary N) is 1. The summed E-state index contributed by atoms with van der Waals surface area (Å²) in [6, 6.07) is 11.6. The summed E-state index contributed by atoms with van der Waals surface area (Å²) >= 11 is 0. The third-order valence-electron chi connectivity index (χ3n) is 5.64. The van der Waals surface area contributed by atoms with Crippen molar-refractivity contribution >= 4 is 11.7 Å². The van der Waals surface area contributed by atoms with Crippen LogP contribution in [-0.4, -0.2) is 30.9 Å². The molecule has 3 rings (SSSR count). The van der Waals surface area contributed by atoms with E-state index >= 15 is 0 Å². The molecule has 1 saturated carbocycles. The van der Waals surface area contributed by atoms with Crippen LogP contribution >= 0.6 is 0 Å². The highest BCUT2D eigenvalue weighted by Crippen LogP contribution is 2.30. The summed E-state index contributed by atoms with van der Waals surface area (Å²) in [5.74, 6) is 0.419. The molecule has 0 bridgehead atoms. The minimum Gasteiger partial charge on any atom is -0.456 e. The number of carbonyl (C=O) groups excluding carboxylic acids is 2. The van der Waals surface area contributed by atoms with Gasteiger partial charge in [-0.1, -0.05) is 44.2 Å². The van der Waals surface area contributed by atoms with Gasteiger partial charge in [-0.2, -0.15) is 0 Å². The Morgan fingerprint density at radius 2 is 1.86 bits per heavy atom. The van der Waals surface area contributed by atoms with Crippen LogP contribution in [0, 0.1) is 0 Å². The number of furan rings is 1. The van der Waals surface area contributed by atoms with Gasteiger partial charge in [0.15, 0.2) is 11.5 Å². The van der Waals surface area contributed by atoms with Gasteiger partial charge in [0.05, 0.1) is 11.7 Å². The van der Waals surface area contributed by atoms with Crippen LogP contribution in [-0.2, 0) is 4.74 Å². The molecule has 1 aromatic carbocycles. The summed E-state index contributed by atoms with van der Waals surface area (Å²) < 4.78 is 11.3. The molecule has 1 fully saturated rings. The first kappa shape index (κ1) is 20.3. The van der Waals surface area contributed by atoms with Gasteiger partial charge < -0.3 is 14.5 Å². The number of hydrogen-bond acceptors (Lipinski definition) is 4. The van der Waals surface area contributed by atoms with Crippen molar-refractivity contribution in [3.05, 3.63) is 59.0 Å². The molecular formula is C23H29NO4. The molecule has 0 aliphatic heterocycles. The smallest absolute Gasteiger partial charge is 0.255 e. The van der Waals surface area contributed by atoms with Gasteiger partial charge in [0.25, 0.3) is 5.91 Å².